The van der Waals surface area contributed by atoms with Crippen LogP contribution in [0.3, 0.4) is 0 Å². The number of anilines is 1. The molecule has 2 saturated heterocycles. The highest BCUT2D eigenvalue weighted by atomic mass is 32.2. The number of pyridine rings is 1. The third kappa shape index (κ3) is 8.20. The molecule has 40 heavy (non-hydrogen) atoms. The minimum atomic E-state index is -0.726. The van der Waals surface area contributed by atoms with E-state index in [4.69, 9.17) is 17.3 Å². The van der Waals surface area contributed by atoms with E-state index in [0.717, 1.165) is 102 Å². The van der Waals surface area contributed by atoms with Crippen LogP contribution in [-0.4, -0.2) is 50.4 Å². The molecule has 2 aliphatic rings. The molecule has 0 radical (unpaired) electrons. The molecule has 218 valence electrons. The summed E-state index contributed by atoms with van der Waals surface area (Å²) in [6, 6.07) is 2.12. The standard InChI is InChI=1S/C30H42N4O4S2/c1-3-4-18-33-27(32-16-13-14-17-32)23(22(2)24(21-31)28(33)37)20-25-29(38)34(30(39)40-25)19-12-10-8-6-5-7-9-11-15-26(35)36/h20H,3-19H2,1-2H3,(H,35,36)/b25-20+. The summed E-state index contributed by atoms with van der Waals surface area (Å²) >= 11 is 6.88. The van der Waals surface area contributed by atoms with Crippen molar-refractivity contribution in [2.45, 2.75) is 104 Å². The molecule has 0 spiro atoms. The van der Waals surface area contributed by atoms with Crippen LogP contribution >= 0.6 is 24.0 Å². The minimum absolute atomic E-state index is 0.106. The fraction of sp³-hybridized carbons (Fsp3) is 0.633. The van der Waals surface area contributed by atoms with Gasteiger partial charge in [0.1, 0.15) is 21.8 Å². The maximum absolute atomic E-state index is 13.4. The van der Waals surface area contributed by atoms with E-state index in [2.05, 4.69) is 17.9 Å². The minimum Gasteiger partial charge on any atom is -0.481 e. The van der Waals surface area contributed by atoms with Crippen LogP contribution in [0.4, 0.5) is 5.82 Å². The lowest BCUT2D eigenvalue weighted by molar-refractivity contribution is -0.137. The van der Waals surface area contributed by atoms with E-state index in [1.54, 1.807) is 9.47 Å². The van der Waals surface area contributed by atoms with E-state index in [1.807, 2.05) is 13.0 Å². The number of aliphatic carboxylic acids is 1. The van der Waals surface area contributed by atoms with Crippen molar-refractivity contribution in [2.75, 3.05) is 24.5 Å². The largest absolute Gasteiger partial charge is 0.481 e. The van der Waals surface area contributed by atoms with Crippen LogP contribution in [0.1, 0.15) is 107 Å². The van der Waals surface area contributed by atoms with E-state index in [9.17, 15) is 19.6 Å². The van der Waals surface area contributed by atoms with Crippen LogP contribution in [0.15, 0.2) is 9.70 Å². The smallest absolute Gasteiger partial charge is 0.303 e. The van der Waals surface area contributed by atoms with E-state index >= 15 is 0 Å². The highest BCUT2D eigenvalue weighted by Gasteiger charge is 2.33. The molecule has 0 saturated carbocycles. The van der Waals surface area contributed by atoms with E-state index in [-0.39, 0.29) is 23.5 Å². The maximum atomic E-state index is 13.4. The lowest BCUT2D eigenvalue weighted by Gasteiger charge is -2.27. The van der Waals surface area contributed by atoms with Crippen molar-refractivity contribution in [3.05, 3.63) is 31.9 Å². The Kier molecular flexibility index (Phi) is 12.7. The summed E-state index contributed by atoms with van der Waals surface area (Å²) in [6.45, 7) is 6.71. The first kappa shape index (κ1) is 31.9. The Hall–Kier alpha value is -2.64. The van der Waals surface area contributed by atoms with Gasteiger partial charge in [0.05, 0.1) is 4.91 Å². The first-order valence-electron chi connectivity index (χ1n) is 14.7. The topological polar surface area (TPSA) is 107 Å². The van der Waals surface area contributed by atoms with Crippen LogP contribution in [0.25, 0.3) is 6.08 Å². The van der Waals surface area contributed by atoms with Gasteiger partial charge < -0.3 is 10.0 Å². The molecule has 8 nitrogen and oxygen atoms in total. The van der Waals surface area contributed by atoms with Crippen molar-refractivity contribution in [3.63, 3.8) is 0 Å². The average molecular weight is 587 g/mol. The number of carbonyl (C=O) groups is 2. The van der Waals surface area contributed by atoms with Gasteiger partial charge in [-0.2, -0.15) is 5.26 Å². The monoisotopic (exact) mass is 586 g/mol. The average Bonchev–Trinajstić information content (AvgIpc) is 3.54. The van der Waals surface area contributed by atoms with Gasteiger partial charge in [0.25, 0.3) is 11.5 Å². The predicted molar refractivity (Wildman–Crippen MR) is 166 cm³/mol. The Labute approximate surface area is 247 Å². The predicted octanol–water partition coefficient (Wildman–Crippen LogP) is 6.23. The molecule has 0 aliphatic carbocycles. The van der Waals surface area contributed by atoms with Crippen molar-refractivity contribution < 1.29 is 14.7 Å². The molecule has 0 unspecified atom stereocenters. The fourth-order valence-electron chi connectivity index (χ4n) is 5.37. The lowest BCUT2D eigenvalue weighted by atomic mass is 10.0. The number of hydrogen-bond donors (Lipinski definition) is 1. The summed E-state index contributed by atoms with van der Waals surface area (Å²) in [5.41, 5.74) is 1.29. The molecule has 1 amide bonds. The molecule has 0 aromatic carbocycles. The fourth-order valence-corrected chi connectivity index (χ4v) is 6.66. The molecule has 2 fully saturated rings. The van der Waals surface area contributed by atoms with Crippen molar-refractivity contribution >= 4 is 52.1 Å². The maximum Gasteiger partial charge on any atom is 0.303 e. The van der Waals surface area contributed by atoms with Gasteiger partial charge in [-0.05, 0) is 50.7 Å². The summed E-state index contributed by atoms with van der Waals surface area (Å²) < 4.78 is 2.30. The van der Waals surface area contributed by atoms with Crippen molar-refractivity contribution in [1.82, 2.24) is 9.47 Å². The molecular weight excluding hydrogens is 544 g/mol. The number of amides is 1. The highest BCUT2D eigenvalue weighted by molar-refractivity contribution is 8.26. The van der Waals surface area contributed by atoms with Crippen LogP contribution < -0.4 is 10.5 Å². The van der Waals surface area contributed by atoms with Gasteiger partial charge in [0.15, 0.2) is 0 Å². The van der Waals surface area contributed by atoms with Crippen molar-refractivity contribution in [2.24, 2.45) is 0 Å². The van der Waals surface area contributed by atoms with E-state index in [1.165, 1.54) is 11.8 Å². The molecule has 3 rings (SSSR count). The highest BCUT2D eigenvalue weighted by Crippen LogP contribution is 2.36. The number of rotatable bonds is 16. The van der Waals surface area contributed by atoms with Gasteiger partial charge >= 0.3 is 5.97 Å². The van der Waals surface area contributed by atoms with Crippen LogP contribution in [0, 0.1) is 18.3 Å². The second kappa shape index (κ2) is 16.0. The van der Waals surface area contributed by atoms with E-state index < -0.39 is 5.97 Å². The summed E-state index contributed by atoms with van der Waals surface area (Å²) in [5, 5.41) is 18.5. The normalized spacial score (nSPS) is 16.4. The number of thioether (sulfide) groups is 1. The summed E-state index contributed by atoms with van der Waals surface area (Å²) in [6.07, 6.45) is 13.9. The van der Waals surface area contributed by atoms with Crippen LogP contribution in [0.2, 0.25) is 0 Å². The zero-order valence-corrected chi connectivity index (χ0v) is 25.5. The van der Waals surface area contributed by atoms with Gasteiger partial charge in [-0.15, -0.1) is 0 Å². The quantitative estimate of drug-likeness (QED) is 0.138. The molecule has 10 heteroatoms. The molecule has 1 aromatic heterocycles. The Morgan fingerprint density at radius 3 is 2.25 bits per heavy atom. The number of nitrogens with zero attached hydrogens (tertiary/aromatic N) is 4. The number of carboxylic acids is 1. The summed E-state index contributed by atoms with van der Waals surface area (Å²) in [5.74, 6) is -0.0127. The molecule has 0 atom stereocenters. The molecular formula is C30H42N4O4S2. The molecule has 2 aliphatic heterocycles. The molecule has 1 aromatic rings. The number of carboxylic acid groups (broad SMARTS) is 1. The van der Waals surface area contributed by atoms with Crippen molar-refractivity contribution in [1.29, 1.82) is 5.26 Å². The third-order valence-corrected chi connectivity index (χ3v) is 9.04. The number of carbonyl (C=O) groups excluding carboxylic acids is 1. The second-order valence-corrected chi connectivity index (χ2v) is 12.3. The summed E-state index contributed by atoms with van der Waals surface area (Å²) in [4.78, 5) is 41.8. The number of nitriles is 1. The molecule has 1 N–H and O–H groups in total. The zero-order valence-electron chi connectivity index (χ0n) is 23.9. The van der Waals surface area contributed by atoms with Crippen LogP contribution in [0.5, 0.6) is 0 Å². The zero-order chi connectivity index (χ0) is 29.1. The lowest BCUT2D eigenvalue weighted by Crippen LogP contribution is -2.33. The number of hydrogen-bond acceptors (Lipinski definition) is 7. The SMILES string of the molecule is CCCCn1c(N2CCCC2)c(/C=C2/SC(=S)N(CCCCCCCCCCC(=O)O)C2=O)c(C)c(C#N)c1=O. The van der Waals surface area contributed by atoms with Gasteiger partial charge in [-0.3, -0.25) is 23.9 Å². The Bertz CT molecular complexity index is 1210. The summed E-state index contributed by atoms with van der Waals surface area (Å²) in [7, 11) is 0. The van der Waals surface area contributed by atoms with Crippen LogP contribution in [-0.2, 0) is 16.1 Å². The van der Waals surface area contributed by atoms with Gasteiger partial charge in [-0.25, -0.2) is 0 Å². The second-order valence-electron chi connectivity index (χ2n) is 10.7. The third-order valence-electron chi connectivity index (χ3n) is 7.66. The number of unbranched alkanes of at least 4 members (excludes halogenated alkanes) is 8. The first-order chi connectivity index (χ1) is 19.3. The Balaban J connectivity index is 1.70. The Morgan fingerprint density at radius 2 is 1.65 bits per heavy atom. The van der Waals surface area contributed by atoms with Crippen molar-refractivity contribution in [3.8, 4) is 6.07 Å². The van der Waals surface area contributed by atoms with E-state index in [0.29, 0.717) is 27.9 Å². The number of aromatic nitrogens is 1. The Morgan fingerprint density at radius 1 is 1.02 bits per heavy atom. The van der Waals surface area contributed by atoms with Gasteiger partial charge in [0, 0.05) is 38.2 Å². The van der Waals surface area contributed by atoms with Gasteiger partial charge in [0.2, 0.25) is 0 Å². The molecule has 0 bridgehead atoms. The molecule has 3 heterocycles. The number of thiocarbonyl (C=S) groups is 1. The van der Waals surface area contributed by atoms with Gasteiger partial charge in [-0.1, -0.05) is 75.8 Å². The first-order valence-corrected chi connectivity index (χ1v) is 15.9.